The van der Waals surface area contributed by atoms with E-state index in [9.17, 15) is 9.59 Å². The van der Waals surface area contributed by atoms with Crippen molar-refractivity contribution in [1.82, 2.24) is 20.5 Å². The molecule has 1 saturated heterocycles. The average molecular weight is 348 g/mol. The van der Waals surface area contributed by atoms with Gasteiger partial charge in [-0.15, -0.1) is 0 Å². The number of ether oxygens (including phenoxy) is 1. The van der Waals surface area contributed by atoms with E-state index in [-0.39, 0.29) is 23.2 Å². The molecular weight excluding hydrogens is 320 g/mol. The monoisotopic (exact) mass is 348 g/mol. The molecule has 2 heterocycles. The largest absolute Gasteiger partial charge is 0.379 e. The van der Waals surface area contributed by atoms with Crippen molar-refractivity contribution in [2.75, 3.05) is 45.9 Å². The molecule has 0 radical (unpaired) electrons. The molecule has 0 aliphatic carbocycles. The van der Waals surface area contributed by atoms with E-state index >= 15 is 0 Å². The smallest absolute Gasteiger partial charge is 0.269 e. The van der Waals surface area contributed by atoms with Crippen molar-refractivity contribution in [3.8, 4) is 0 Å². The molecule has 1 aromatic rings. The summed E-state index contributed by atoms with van der Waals surface area (Å²) in [5, 5.41) is 5.69. The third kappa shape index (κ3) is 6.80. The number of morpholine rings is 1. The van der Waals surface area contributed by atoms with E-state index in [1.807, 2.05) is 0 Å². The van der Waals surface area contributed by atoms with Gasteiger partial charge >= 0.3 is 0 Å². The molecule has 2 amide bonds. The highest BCUT2D eigenvalue weighted by Crippen LogP contribution is 2.01. The number of rotatable bonds is 9. The second kappa shape index (κ2) is 10.8. The summed E-state index contributed by atoms with van der Waals surface area (Å²) in [5.41, 5.74) is 0.542. The van der Waals surface area contributed by atoms with Crippen LogP contribution in [0, 0.1) is 0 Å². The van der Waals surface area contributed by atoms with Crippen molar-refractivity contribution in [2.45, 2.75) is 26.2 Å². The zero-order chi connectivity index (χ0) is 17.9. The summed E-state index contributed by atoms with van der Waals surface area (Å²) in [6.45, 7) is 7.34. The van der Waals surface area contributed by atoms with E-state index < -0.39 is 0 Å². The molecule has 1 aromatic heterocycles. The van der Waals surface area contributed by atoms with Gasteiger partial charge in [-0.1, -0.05) is 25.8 Å². The third-order valence-corrected chi connectivity index (χ3v) is 4.10. The maximum absolute atomic E-state index is 12.2. The van der Waals surface area contributed by atoms with E-state index in [1.54, 1.807) is 18.2 Å². The standard InChI is InChI=1S/C18H28N4O3/c1-2-3-4-8-19-17(23)15-6-5-7-16(21-15)18(24)20-9-10-22-11-13-25-14-12-22/h5-7H,2-4,8-14H2,1H3,(H,19,23)(H,20,24). The third-order valence-electron chi connectivity index (χ3n) is 4.10. The van der Waals surface area contributed by atoms with Crippen LogP contribution in [0.4, 0.5) is 0 Å². The molecule has 2 rings (SSSR count). The number of unbranched alkanes of at least 4 members (excludes halogenated alkanes) is 2. The quantitative estimate of drug-likeness (QED) is 0.652. The van der Waals surface area contributed by atoms with Crippen LogP contribution in [0.25, 0.3) is 0 Å². The van der Waals surface area contributed by atoms with Gasteiger partial charge in [-0.2, -0.15) is 0 Å². The van der Waals surface area contributed by atoms with E-state index in [2.05, 4.69) is 27.4 Å². The first-order valence-electron chi connectivity index (χ1n) is 9.04. The summed E-state index contributed by atoms with van der Waals surface area (Å²) in [7, 11) is 0. The highest BCUT2D eigenvalue weighted by atomic mass is 16.5. The first-order chi connectivity index (χ1) is 12.2. The van der Waals surface area contributed by atoms with Gasteiger partial charge in [0.05, 0.1) is 13.2 Å². The SMILES string of the molecule is CCCCCNC(=O)c1cccc(C(=O)NCCN2CCOCC2)n1. The molecule has 25 heavy (non-hydrogen) atoms. The van der Waals surface area contributed by atoms with E-state index in [0.717, 1.165) is 52.1 Å². The molecule has 0 unspecified atom stereocenters. The number of amides is 2. The maximum atomic E-state index is 12.2. The van der Waals surface area contributed by atoms with Gasteiger partial charge in [0.15, 0.2) is 0 Å². The van der Waals surface area contributed by atoms with E-state index in [4.69, 9.17) is 4.74 Å². The molecule has 0 bridgehead atoms. The molecule has 1 fully saturated rings. The topological polar surface area (TPSA) is 83.6 Å². The highest BCUT2D eigenvalue weighted by molar-refractivity contribution is 5.96. The molecule has 2 N–H and O–H groups in total. The average Bonchev–Trinajstić information content (AvgIpc) is 2.66. The molecule has 138 valence electrons. The minimum Gasteiger partial charge on any atom is -0.379 e. The Hall–Kier alpha value is -1.99. The summed E-state index contributed by atoms with van der Waals surface area (Å²) in [6, 6.07) is 4.93. The molecule has 0 aromatic carbocycles. The second-order valence-corrected chi connectivity index (χ2v) is 6.08. The van der Waals surface area contributed by atoms with Gasteiger partial charge in [0.2, 0.25) is 0 Å². The molecule has 1 aliphatic rings. The summed E-state index contributed by atoms with van der Waals surface area (Å²) in [4.78, 5) is 30.7. The Bertz CT molecular complexity index is 559. The van der Waals surface area contributed by atoms with Gasteiger partial charge < -0.3 is 15.4 Å². The zero-order valence-electron chi connectivity index (χ0n) is 14.9. The molecular formula is C18H28N4O3. The van der Waals surface area contributed by atoms with Crippen molar-refractivity contribution in [3.63, 3.8) is 0 Å². The van der Waals surface area contributed by atoms with Crippen molar-refractivity contribution in [3.05, 3.63) is 29.6 Å². The lowest BCUT2D eigenvalue weighted by atomic mass is 10.2. The lowest BCUT2D eigenvalue weighted by Gasteiger charge is -2.26. The number of nitrogens with zero attached hydrogens (tertiary/aromatic N) is 2. The van der Waals surface area contributed by atoms with Crippen LogP contribution in [0.2, 0.25) is 0 Å². The number of aromatic nitrogens is 1. The van der Waals surface area contributed by atoms with Crippen LogP contribution in [0.3, 0.4) is 0 Å². The van der Waals surface area contributed by atoms with Crippen LogP contribution in [0.15, 0.2) is 18.2 Å². The fourth-order valence-electron chi connectivity index (χ4n) is 2.60. The van der Waals surface area contributed by atoms with Crippen LogP contribution in [0.5, 0.6) is 0 Å². The fourth-order valence-corrected chi connectivity index (χ4v) is 2.60. The maximum Gasteiger partial charge on any atom is 0.269 e. The summed E-state index contributed by atoms with van der Waals surface area (Å²) >= 11 is 0. The molecule has 7 heteroatoms. The van der Waals surface area contributed by atoms with Crippen LogP contribution in [-0.4, -0.2) is 67.6 Å². The van der Waals surface area contributed by atoms with Crippen molar-refractivity contribution < 1.29 is 14.3 Å². The number of pyridine rings is 1. The van der Waals surface area contributed by atoms with Gasteiger partial charge in [-0.25, -0.2) is 4.98 Å². The predicted octanol–water partition coefficient (Wildman–Crippen LogP) is 1.06. The normalized spacial score (nSPS) is 14.9. The minimum absolute atomic E-state index is 0.237. The van der Waals surface area contributed by atoms with Gasteiger partial charge in [0, 0.05) is 32.7 Å². The molecule has 1 aliphatic heterocycles. The Morgan fingerprint density at radius 1 is 1.08 bits per heavy atom. The highest BCUT2D eigenvalue weighted by Gasteiger charge is 2.13. The number of carbonyl (C=O) groups excluding carboxylic acids is 2. The Labute approximate surface area is 149 Å². The van der Waals surface area contributed by atoms with Crippen molar-refractivity contribution >= 4 is 11.8 Å². The van der Waals surface area contributed by atoms with Crippen molar-refractivity contribution in [1.29, 1.82) is 0 Å². The molecule has 0 atom stereocenters. The van der Waals surface area contributed by atoms with Crippen LogP contribution in [0.1, 0.15) is 47.2 Å². The predicted molar refractivity (Wildman–Crippen MR) is 95.7 cm³/mol. The van der Waals surface area contributed by atoms with Gasteiger partial charge in [-0.3, -0.25) is 14.5 Å². The number of hydrogen-bond donors (Lipinski definition) is 2. The number of hydrogen-bond acceptors (Lipinski definition) is 5. The van der Waals surface area contributed by atoms with E-state index in [0.29, 0.717) is 13.1 Å². The van der Waals surface area contributed by atoms with Gasteiger partial charge in [0.1, 0.15) is 11.4 Å². The minimum atomic E-state index is -0.256. The lowest BCUT2D eigenvalue weighted by Crippen LogP contribution is -2.41. The van der Waals surface area contributed by atoms with Crippen molar-refractivity contribution in [2.24, 2.45) is 0 Å². The fraction of sp³-hybridized carbons (Fsp3) is 0.611. The van der Waals surface area contributed by atoms with Gasteiger partial charge in [-0.05, 0) is 18.6 Å². The summed E-state index contributed by atoms with van der Waals surface area (Å²) in [6.07, 6.45) is 3.14. The zero-order valence-corrected chi connectivity index (χ0v) is 14.9. The Balaban J connectivity index is 1.78. The van der Waals surface area contributed by atoms with Crippen LogP contribution >= 0.6 is 0 Å². The Kier molecular flexibility index (Phi) is 8.34. The number of nitrogens with one attached hydrogen (secondary N) is 2. The molecule has 7 nitrogen and oxygen atoms in total. The van der Waals surface area contributed by atoms with E-state index in [1.165, 1.54) is 0 Å². The summed E-state index contributed by atoms with van der Waals surface area (Å²) in [5.74, 6) is -0.493. The first kappa shape index (κ1) is 19.3. The Morgan fingerprint density at radius 3 is 2.36 bits per heavy atom. The lowest BCUT2D eigenvalue weighted by molar-refractivity contribution is 0.0383. The Morgan fingerprint density at radius 2 is 1.72 bits per heavy atom. The molecule has 0 saturated carbocycles. The van der Waals surface area contributed by atoms with Crippen LogP contribution in [-0.2, 0) is 4.74 Å². The summed E-state index contributed by atoms with van der Waals surface area (Å²) < 4.78 is 5.30. The van der Waals surface area contributed by atoms with Crippen LogP contribution < -0.4 is 10.6 Å². The first-order valence-corrected chi connectivity index (χ1v) is 9.04. The van der Waals surface area contributed by atoms with Gasteiger partial charge in [0.25, 0.3) is 11.8 Å². The second-order valence-electron chi connectivity index (χ2n) is 6.08. The number of carbonyl (C=O) groups is 2. The molecule has 0 spiro atoms.